The summed E-state index contributed by atoms with van der Waals surface area (Å²) in [5.41, 5.74) is 1.02. The molecule has 3 aromatic rings. The molecule has 1 saturated heterocycles. The zero-order chi connectivity index (χ0) is 28.6. The Balaban J connectivity index is 1.56. The molecule has 1 aliphatic rings. The van der Waals surface area contributed by atoms with E-state index >= 15 is 0 Å². The second kappa shape index (κ2) is 14.2. The Kier molecular flexibility index (Phi) is 10.7. The Morgan fingerprint density at radius 1 is 1.18 bits per heavy atom. The van der Waals surface area contributed by atoms with Crippen LogP contribution < -0.4 is 5.32 Å². The Morgan fingerprint density at radius 2 is 1.88 bits per heavy atom. The number of nitrogens with zero attached hydrogens (tertiary/aromatic N) is 5. The number of methoxy groups -OCH3 is 2. The number of hydrogen-bond donors (Lipinski definition) is 1. The molecule has 1 fully saturated rings. The maximum absolute atomic E-state index is 13.5. The number of carbonyl (C=O) groups is 2. The van der Waals surface area contributed by atoms with Crippen molar-refractivity contribution < 1.29 is 23.6 Å². The lowest BCUT2D eigenvalue weighted by atomic mass is 10.0. The first kappa shape index (κ1) is 30.2. The molecular weight excluding hydrogens is 556 g/mol. The van der Waals surface area contributed by atoms with Crippen LogP contribution in [0.15, 0.2) is 28.8 Å². The van der Waals surface area contributed by atoms with Crippen molar-refractivity contribution in [2.24, 2.45) is 0 Å². The van der Waals surface area contributed by atoms with Gasteiger partial charge in [-0.1, -0.05) is 16.8 Å². The summed E-state index contributed by atoms with van der Waals surface area (Å²) < 4.78 is 18.0. The highest BCUT2D eigenvalue weighted by Gasteiger charge is 2.27. The lowest BCUT2D eigenvalue weighted by Gasteiger charge is -2.34. The monoisotopic (exact) mass is 592 g/mol. The highest BCUT2D eigenvalue weighted by atomic mass is 35.5. The molecule has 2 amide bonds. The quantitative estimate of drug-likeness (QED) is 0.320. The Hall–Kier alpha value is -2.77. The summed E-state index contributed by atoms with van der Waals surface area (Å²) in [6.45, 7) is 7.85. The summed E-state index contributed by atoms with van der Waals surface area (Å²) in [6, 6.07) is 7.52. The number of hydrogen-bond acceptors (Lipinski definition) is 9. The summed E-state index contributed by atoms with van der Waals surface area (Å²) in [4.78, 5) is 31.8. The van der Waals surface area contributed by atoms with Gasteiger partial charge in [-0.2, -0.15) is 5.10 Å². The molecule has 1 N–H and O–H groups in total. The molecule has 4 rings (SSSR count). The lowest BCUT2D eigenvalue weighted by Crippen LogP contribution is -2.46. The van der Waals surface area contributed by atoms with Crippen molar-refractivity contribution in [1.82, 2.24) is 30.1 Å². The molecule has 0 saturated carbocycles. The Labute approximate surface area is 243 Å². The predicted octanol–water partition coefficient (Wildman–Crippen LogP) is 3.64. The fraction of sp³-hybridized carbons (Fsp3) is 0.556. The second-order valence-electron chi connectivity index (χ2n) is 10.0. The van der Waals surface area contributed by atoms with Crippen molar-refractivity contribution >= 4 is 34.8 Å². The van der Waals surface area contributed by atoms with Crippen molar-refractivity contribution in [2.75, 3.05) is 53.6 Å². The van der Waals surface area contributed by atoms with Gasteiger partial charge in [0.25, 0.3) is 11.8 Å². The second-order valence-corrected chi connectivity index (χ2v) is 11.7. The first-order valence-corrected chi connectivity index (χ1v) is 14.6. The standard InChI is InChI=1S/C27H37ClN6O5S/c1-18(2)32-9-7-19(8-10-32)29-26(35)22-16-21(27(36)33(11-13-37-3)12-14-38-4)30-34(22)17-20-15-23(39-31-20)24-5-6-25(28)40-24/h5-6,15-16,18-19H,7-14,17H2,1-4H3,(H,29,35). The zero-order valence-electron chi connectivity index (χ0n) is 23.4. The van der Waals surface area contributed by atoms with Crippen LogP contribution in [0.25, 0.3) is 10.6 Å². The van der Waals surface area contributed by atoms with Gasteiger partial charge in [-0.15, -0.1) is 11.3 Å². The third-order valence-electron chi connectivity index (χ3n) is 6.93. The van der Waals surface area contributed by atoms with Gasteiger partial charge in [0.2, 0.25) is 0 Å². The topological polar surface area (TPSA) is 115 Å². The molecule has 3 aromatic heterocycles. The van der Waals surface area contributed by atoms with Gasteiger partial charge in [0, 0.05) is 64.6 Å². The third kappa shape index (κ3) is 7.70. The fourth-order valence-electron chi connectivity index (χ4n) is 4.63. The highest BCUT2D eigenvalue weighted by Crippen LogP contribution is 2.31. The Bertz CT molecular complexity index is 1260. The van der Waals surface area contributed by atoms with E-state index in [0.717, 1.165) is 30.8 Å². The van der Waals surface area contributed by atoms with Gasteiger partial charge in [-0.3, -0.25) is 14.3 Å². The molecule has 0 aromatic carbocycles. The van der Waals surface area contributed by atoms with Gasteiger partial charge in [0.15, 0.2) is 11.5 Å². The van der Waals surface area contributed by atoms with Crippen LogP contribution in [0.3, 0.4) is 0 Å². The van der Waals surface area contributed by atoms with E-state index in [4.69, 9.17) is 25.6 Å². The molecule has 1 aliphatic heterocycles. The number of amides is 2. The van der Waals surface area contributed by atoms with E-state index in [1.165, 1.54) is 16.0 Å². The molecular formula is C27H37ClN6O5S. The van der Waals surface area contributed by atoms with E-state index in [-0.39, 0.29) is 35.8 Å². The molecule has 40 heavy (non-hydrogen) atoms. The van der Waals surface area contributed by atoms with Crippen molar-refractivity contribution in [2.45, 2.75) is 45.3 Å². The van der Waals surface area contributed by atoms with Crippen molar-refractivity contribution in [3.63, 3.8) is 0 Å². The number of nitrogens with one attached hydrogen (secondary N) is 1. The van der Waals surface area contributed by atoms with Crippen molar-refractivity contribution in [3.8, 4) is 10.6 Å². The van der Waals surface area contributed by atoms with E-state index in [1.807, 2.05) is 6.07 Å². The van der Waals surface area contributed by atoms with E-state index in [1.54, 1.807) is 37.3 Å². The average molecular weight is 593 g/mol. The summed E-state index contributed by atoms with van der Waals surface area (Å²) in [7, 11) is 3.16. The number of ether oxygens (including phenoxy) is 2. The minimum atomic E-state index is -0.304. The Morgan fingerprint density at radius 3 is 2.48 bits per heavy atom. The number of halogens is 1. The summed E-state index contributed by atoms with van der Waals surface area (Å²) in [5, 5.41) is 11.9. The summed E-state index contributed by atoms with van der Waals surface area (Å²) in [6.07, 6.45) is 1.73. The number of piperidine rings is 1. The number of thiophene rings is 1. The largest absolute Gasteiger partial charge is 0.383 e. The SMILES string of the molecule is COCCN(CCOC)C(=O)c1cc(C(=O)NC2CCN(C(C)C)CC2)n(Cc2cc(-c3ccc(Cl)s3)on2)n1. The molecule has 13 heteroatoms. The van der Waals surface area contributed by atoms with Crippen molar-refractivity contribution in [1.29, 1.82) is 0 Å². The van der Waals surface area contributed by atoms with E-state index < -0.39 is 0 Å². The molecule has 0 unspecified atom stereocenters. The molecule has 0 aliphatic carbocycles. The van der Waals surface area contributed by atoms with Crippen LogP contribution in [0, 0.1) is 0 Å². The van der Waals surface area contributed by atoms with Crippen LogP contribution >= 0.6 is 22.9 Å². The molecule has 0 atom stereocenters. The van der Waals surface area contributed by atoms with Gasteiger partial charge >= 0.3 is 0 Å². The van der Waals surface area contributed by atoms with Crippen molar-refractivity contribution in [3.05, 3.63) is 45.7 Å². The molecule has 4 heterocycles. The van der Waals surface area contributed by atoms with Crippen LogP contribution in [-0.2, 0) is 16.0 Å². The summed E-state index contributed by atoms with van der Waals surface area (Å²) in [5.74, 6) is -0.00609. The maximum atomic E-state index is 13.5. The first-order valence-electron chi connectivity index (χ1n) is 13.4. The van der Waals surface area contributed by atoms with Crippen LogP contribution in [0.4, 0.5) is 0 Å². The van der Waals surface area contributed by atoms with E-state index in [9.17, 15) is 9.59 Å². The maximum Gasteiger partial charge on any atom is 0.274 e. The minimum Gasteiger partial charge on any atom is -0.383 e. The van der Waals surface area contributed by atoms with E-state index in [0.29, 0.717) is 48.1 Å². The molecule has 0 spiro atoms. The fourth-order valence-corrected chi connectivity index (χ4v) is 5.62. The molecule has 11 nitrogen and oxygen atoms in total. The van der Waals surface area contributed by atoms with Crippen LogP contribution in [0.5, 0.6) is 0 Å². The van der Waals surface area contributed by atoms with Gasteiger partial charge in [-0.05, 0) is 38.8 Å². The number of likely N-dealkylation sites (tertiary alicyclic amines) is 1. The average Bonchev–Trinajstić information content (AvgIpc) is 3.69. The van der Waals surface area contributed by atoms with Gasteiger partial charge in [0.1, 0.15) is 11.4 Å². The number of carbonyl (C=O) groups excluding carboxylic acids is 2. The number of rotatable bonds is 13. The lowest BCUT2D eigenvalue weighted by molar-refractivity contribution is 0.0621. The zero-order valence-corrected chi connectivity index (χ0v) is 25.0. The summed E-state index contributed by atoms with van der Waals surface area (Å²) >= 11 is 7.46. The molecule has 0 radical (unpaired) electrons. The van der Waals surface area contributed by atoms with Gasteiger partial charge < -0.3 is 29.1 Å². The molecule has 218 valence electrons. The van der Waals surface area contributed by atoms with Gasteiger partial charge in [0.05, 0.1) is 29.0 Å². The van der Waals surface area contributed by atoms with Crippen LogP contribution in [-0.4, -0.2) is 102 Å². The highest BCUT2D eigenvalue weighted by molar-refractivity contribution is 7.19. The smallest absolute Gasteiger partial charge is 0.274 e. The predicted molar refractivity (Wildman–Crippen MR) is 153 cm³/mol. The number of aromatic nitrogens is 3. The van der Waals surface area contributed by atoms with Gasteiger partial charge in [-0.25, -0.2) is 0 Å². The van der Waals surface area contributed by atoms with Crippen LogP contribution in [0.1, 0.15) is 53.4 Å². The first-order chi connectivity index (χ1) is 19.3. The van der Waals surface area contributed by atoms with Crippen LogP contribution in [0.2, 0.25) is 4.34 Å². The van der Waals surface area contributed by atoms with E-state index in [2.05, 4.69) is 34.3 Å². The molecule has 0 bridgehead atoms. The normalized spacial score (nSPS) is 14.7. The minimum absolute atomic E-state index is 0.0483. The third-order valence-corrected chi connectivity index (χ3v) is 8.18.